The Hall–Kier alpha value is -3.62. The molecule has 1 aliphatic rings. The number of ether oxygens (including phenoxy) is 1. The van der Waals surface area contributed by atoms with E-state index < -0.39 is 51.1 Å². The first-order valence-electron chi connectivity index (χ1n) is 12.6. The molecule has 2 aromatic carbocycles. The lowest BCUT2D eigenvalue weighted by atomic mass is 10.0. The van der Waals surface area contributed by atoms with E-state index in [1.54, 1.807) is 31.2 Å². The van der Waals surface area contributed by atoms with Crippen molar-refractivity contribution in [2.45, 2.75) is 37.5 Å². The summed E-state index contributed by atoms with van der Waals surface area (Å²) in [7, 11) is -4.13. The minimum atomic E-state index is -4.13. The molecule has 0 aliphatic heterocycles. The Labute approximate surface area is 234 Å². The van der Waals surface area contributed by atoms with Crippen molar-refractivity contribution in [2.75, 3.05) is 30.8 Å². The lowest BCUT2D eigenvalue weighted by Crippen LogP contribution is -2.41. The van der Waals surface area contributed by atoms with Crippen LogP contribution in [0.3, 0.4) is 0 Å². The van der Waals surface area contributed by atoms with Gasteiger partial charge in [-0.2, -0.15) is 0 Å². The molecule has 1 saturated carbocycles. The maximum Gasteiger partial charge on any atom is 0.411 e. The minimum absolute atomic E-state index is 0.0708. The lowest BCUT2D eigenvalue weighted by Gasteiger charge is -2.15. The molecule has 4 rings (SSSR count). The normalized spacial score (nSPS) is 14.0. The van der Waals surface area contributed by atoms with E-state index in [0.29, 0.717) is 16.0 Å². The van der Waals surface area contributed by atoms with Crippen molar-refractivity contribution < 1.29 is 37.0 Å². The quantitative estimate of drug-likeness (QED) is 0.249. The van der Waals surface area contributed by atoms with Gasteiger partial charge in [-0.3, -0.25) is 14.9 Å². The van der Waals surface area contributed by atoms with Gasteiger partial charge in [-0.05, 0) is 49.9 Å². The van der Waals surface area contributed by atoms with Crippen LogP contribution in [0.5, 0.6) is 0 Å². The summed E-state index contributed by atoms with van der Waals surface area (Å²) in [6.45, 7) is 1.11. The summed E-state index contributed by atoms with van der Waals surface area (Å²) in [5, 5.41) is 15.0. The molecular weight excluding hydrogens is 563 g/mol. The van der Waals surface area contributed by atoms with Crippen LogP contribution in [0.2, 0.25) is 0 Å². The standard InChI is InChI=1S/C26H29FN4O7S2/c1-2-38-26(35)30-17-6-4-15(5-7-17)18-12-21-20(13-19(18)27)31-25(39-21)23(40(36,37)11-3-10-32)24(34)28-14-22(33)29-16-8-9-16/h4-7,12-13,16,23,32H,2-3,8-11,14H2,1H3,(H,28,34)(H,29,33)(H,30,35). The second kappa shape index (κ2) is 12.7. The average molecular weight is 593 g/mol. The number of rotatable bonds is 12. The van der Waals surface area contributed by atoms with Gasteiger partial charge in [0, 0.05) is 30.0 Å². The molecule has 1 aliphatic carbocycles. The molecule has 40 heavy (non-hydrogen) atoms. The van der Waals surface area contributed by atoms with Gasteiger partial charge in [-0.25, -0.2) is 22.6 Å². The molecule has 0 spiro atoms. The molecule has 14 heteroatoms. The Morgan fingerprint density at radius 2 is 1.93 bits per heavy atom. The molecule has 0 bridgehead atoms. The number of anilines is 1. The van der Waals surface area contributed by atoms with Gasteiger partial charge in [0.2, 0.25) is 11.8 Å². The fourth-order valence-electron chi connectivity index (χ4n) is 3.90. The van der Waals surface area contributed by atoms with Crippen LogP contribution in [-0.2, 0) is 24.2 Å². The Balaban J connectivity index is 1.61. The number of aliphatic hydroxyl groups is 1. The van der Waals surface area contributed by atoms with Gasteiger partial charge in [0.15, 0.2) is 15.1 Å². The van der Waals surface area contributed by atoms with Crippen LogP contribution in [0, 0.1) is 5.82 Å². The number of aromatic nitrogens is 1. The summed E-state index contributed by atoms with van der Waals surface area (Å²) < 4.78 is 46.6. The van der Waals surface area contributed by atoms with E-state index in [2.05, 4.69) is 20.9 Å². The first kappa shape index (κ1) is 29.4. The van der Waals surface area contributed by atoms with Crippen LogP contribution in [0.1, 0.15) is 36.4 Å². The monoisotopic (exact) mass is 592 g/mol. The molecule has 1 aromatic heterocycles. The van der Waals surface area contributed by atoms with Gasteiger partial charge in [0.1, 0.15) is 10.8 Å². The fourth-order valence-corrected chi connectivity index (χ4v) is 6.99. The van der Waals surface area contributed by atoms with E-state index in [9.17, 15) is 22.8 Å². The number of aliphatic hydroxyl groups excluding tert-OH is 1. The number of amides is 3. The van der Waals surface area contributed by atoms with E-state index in [4.69, 9.17) is 9.84 Å². The zero-order valence-electron chi connectivity index (χ0n) is 21.6. The Kier molecular flexibility index (Phi) is 9.32. The third-order valence-electron chi connectivity index (χ3n) is 5.99. The number of benzene rings is 2. The number of carbonyl (C=O) groups excluding carboxylic acids is 3. The van der Waals surface area contributed by atoms with Crippen LogP contribution >= 0.6 is 11.3 Å². The van der Waals surface area contributed by atoms with Crippen molar-refractivity contribution >= 4 is 55.0 Å². The van der Waals surface area contributed by atoms with E-state index in [-0.39, 0.29) is 41.8 Å². The van der Waals surface area contributed by atoms with Crippen LogP contribution < -0.4 is 16.0 Å². The third kappa shape index (κ3) is 7.31. The number of sulfone groups is 1. The highest BCUT2D eigenvalue weighted by molar-refractivity contribution is 7.92. The van der Waals surface area contributed by atoms with Crippen molar-refractivity contribution in [2.24, 2.45) is 0 Å². The van der Waals surface area contributed by atoms with Gasteiger partial charge in [-0.1, -0.05) is 12.1 Å². The minimum Gasteiger partial charge on any atom is -0.450 e. The summed E-state index contributed by atoms with van der Waals surface area (Å²) >= 11 is 0.929. The van der Waals surface area contributed by atoms with Crippen molar-refractivity contribution in [3.05, 3.63) is 47.2 Å². The zero-order valence-corrected chi connectivity index (χ0v) is 23.2. The number of carbonyl (C=O) groups is 3. The fraction of sp³-hybridized carbons (Fsp3) is 0.385. The molecule has 11 nitrogen and oxygen atoms in total. The number of thiazole rings is 1. The van der Waals surface area contributed by atoms with Gasteiger partial charge in [0.25, 0.3) is 0 Å². The second-order valence-corrected chi connectivity index (χ2v) is 12.4. The van der Waals surface area contributed by atoms with Gasteiger partial charge >= 0.3 is 6.09 Å². The zero-order chi connectivity index (χ0) is 28.9. The highest BCUT2D eigenvalue weighted by Gasteiger charge is 2.37. The van der Waals surface area contributed by atoms with Crippen LogP contribution in [-0.4, -0.2) is 68.0 Å². The smallest absolute Gasteiger partial charge is 0.411 e. The Morgan fingerprint density at radius 1 is 1.20 bits per heavy atom. The maximum absolute atomic E-state index is 15.1. The Bertz CT molecular complexity index is 1510. The SMILES string of the molecule is CCOC(=O)Nc1ccc(-c2cc3sc(C(C(=O)NCC(=O)NC4CC4)S(=O)(=O)CCCO)nc3cc2F)cc1. The van der Waals surface area contributed by atoms with Crippen LogP contribution in [0.4, 0.5) is 14.9 Å². The number of halogens is 1. The topological polar surface area (TPSA) is 164 Å². The first-order valence-corrected chi connectivity index (χ1v) is 15.2. The molecule has 1 heterocycles. The van der Waals surface area contributed by atoms with E-state index >= 15 is 4.39 Å². The molecule has 214 valence electrons. The number of hydrogen-bond donors (Lipinski definition) is 4. The maximum atomic E-state index is 15.1. The summed E-state index contributed by atoms with van der Waals surface area (Å²) in [6, 6.07) is 9.13. The highest BCUT2D eigenvalue weighted by atomic mass is 32.2. The van der Waals surface area contributed by atoms with Gasteiger partial charge in [-0.15, -0.1) is 11.3 Å². The number of nitrogens with one attached hydrogen (secondary N) is 3. The van der Waals surface area contributed by atoms with Crippen LogP contribution in [0.15, 0.2) is 36.4 Å². The largest absolute Gasteiger partial charge is 0.450 e. The third-order valence-corrected chi connectivity index (χ3v) is 9.23. The number of hydrogen-bond acceptors (Lipinski definition) is 9. The van der Waals surface area contributed by atoms with Crippen molar-refractivity contribution in [1.29, 1.82) is 0 Å². The average Bonchev–Trinajstić information content (AvgIpc) is 3.63. The molecule has 1 atom stereocenters. The predicted molar refractivity (Wildman–Crippen MR) is 148 cm³/mol. The van der Waals surface area contributed by atoms with E-state index in [1.165, 1.54) is 6.07 Å². The summed E-state index contributed by atoms with van der Waals surface area (Å²) in [6.07, 6.45) is 1.02. The number of nitrogens with zero attached hydrogens (tertiary/aromatic N) is 1. The highest BCUT2D eigenvalue weighted by Crippen LogP contribution is 2.36. The number of fused-ring (bicyclic) bond motifs is 1. The molecule has 3 amide bonds. The molecule has 0 radical (unpaired) electrons. The molecule has 1 unspecified atom stereocenters. The van der Waals surface area contributed by atoms with Gasteiger partial charge < -0.3 is 20.5 Å². The van der Waals surface area contributed by atoms with Crippen molar-refractivity contribution in [3.8, 4) is 11.1 Å². The first-order chi connectivity index (χ1) is 19.1. The molecule has 3 aromatic rings. The predicted octanol–water partition coefficient (Wildman–Crippen LogP) is 2.90. The van der Waals surface area contributed by atoms with Gasteiger partial charge in [0.05, 0.1) is 29.1 Å². The Morgan fingerprint density at radius 3 is 2.58 bits per heavy atom. The molecule has 4 N–H and O–H groups in total. The molecule has 1 fully saturated rings. The van der Waals surface area contributed by atoms with Crippen molar-refractivity contribution in [1.82, 2.24) is 15.6 Å². The molecular formula is C26H29FN4O7S2. The second-order valence-electron chi connectivity index (χ2n) is 9.16. The summed E-state index contributed by atoms with van der Waals surface area (Å²) in [5.41, 5.74) is 1.33. The summed E-state index contributed by atoms with van der Waals surface area (Å²) in [4.78, 5) is 41.0. The molecule has 0 saturated heterocycles. The van der Waals surface area contributed by atoms with E-state index in [0.717, 1.165) is 30.2 Å². The summed E-state index contributed by atoms with van der Waals surface area (Å²) in [5.74, 6) is -2.44. The van der Waals surface area contributed by atoms with Crippen LogP contribution in [0.25, 0.3) is 21.3 Å². The lowest BCUT2D eigenvalue weighted by molar-refractivity contribution is -0.126. The van der Waals surface area contributed by atoms with E-state index in [1.807, 2.05) is 0 Å². The van der Waals surface area contributed by atoms with Crippen molar-refractivity contribution in [3.63, 3.8) is 0 Å².